The molecule has 1 heterocycles. The molecule has 6 heteroatoms. The molecule has 1 amide bonds. The van der Waals surface area contributed by atoms with Crippen LogP contribution in [0.4, 0.5) is 5.69 Å². The first kappa shape index (κ1) is 15.9. The van der Waals surface area contributed by atoms with Crippen LogP contribution in [0.2, 0.25) is 0 Å². The zero-order chi connectivity index (χ0) is 16.1. The van der Waals surface area contributed by atoms with E-state index in [4.69, 9.17) is 0 Å². The highest BCUT2D eigenvalue weighted by atomic mass is 32.1. The van der Waals surface area contributed by atoms with Crippen LogP contribution >= 0.6 is 11.3 Å². The second-order valence-electron chi connectivity index (χ2n) is 4.83. The Bertz CT molecular complexity index is 695. The van der Waals surface area contributed by atoms with Gasteiger partial charge in [-0.2, -0.15) is 0 Å². The van der Waals surface area contributed by atoms with E-state index in [1.165, 1.54) is 18.2 Å². The Kier molecular flexibility index (Phi) is 5.06. The summed E-state index contributed by atoms with van der Waals surface area (Å²) in [5, 5.41) is 12.8. The van der Waals surface area contributed by atoms with Crippen LogP contribution in [0.5, 0.6) is 0 Å². The van der Waals surface area contributed by atoms with Crippen molar-refractivity contribution in [3.05, 3.63) is 68.4 Å². The second kappa shape index (κ2) is 7.00. The van der Waals surface area contributed by atoms with Crippen LogP contribution in [0.15, 0.2) is 47.9 Å². The average molecular weight is 316 g/mol. The Hall–Kier alpha value is -2.47. The third kappa shape index (κ3) is 3.79. The maximum Gasteiger partial charge on any atom is 0.269 e. The number of hydrogen-bond acceptors (Lipinski definition) is 4. The predicted octanol–water partition coefficient (Wildman–Crippen LogP) is 3.89. The molecule has 0 bridgehead atoms. The minimum absolute atomic E-state index is 0.0272. The summed E-state index contributed by atoms with van der Waals surface area (Å²) >= 11 is 1.55. The first-order valence-corrected chi connectivity index (χ1v) is 7.59. The van der Waals surface area contributed by atoms with Crippen LogP contribution in [-0.4, -0.2) is 22.8 Å². The molecule has 0 saturated heterocycles. The number of carbonyl (C=O) groups is 1. The van der Waals surface area contributed by atoms with Crippen molar-refractivity contribution in [1.82, 2.24) is 4.90 Å². The number of carbonyl (C=O) groups excluding carboxylic acids is 1. The maximum atomic E-state index is 12.2. The third-order valence-corrected chi connectivity index (χ3v) is 4.26. The molecule has 0 aliphatic heterocycles. The van der Waals surface area contributed by atoms with Crippen LogP contribution in [-0.2, 0) is 4.79 Å². The van der Waals surface area contributed by atoms with Crippen LogP contribution in [0.1, 0.15) is 23.4 Å². The van der Waals surface area contributed by atoms with Crippen LogP contribution in [0.25, 0.3) is 6.08 Å². The van der Waals surface area contributed by atoms with Gasteiger partial charge >= 0.3 is 0 Å². The van der Waals surface area contributed by atoms with Gasteiger partial charge < -0.3 is 4.90 Å². The van der Waals surface area contributed by atoms with E-state index < -0.39 is 4.92 Å². The number of nitro groups is 1. The maximum absolute atomic E-state index is 12.2. The lowest BCUT2D eigenvalue weighted by molar-refractivity contribution is -0.384. The number of benzene rings is 1. The molecule has 1 aromatic heterocycles. The van der Waals surface area contributed by atoms with Crippen molar-refractivity contribution in [3.63, 3.8) is 0 Å². The zero-order valence-electron chi connectivity index (χ0n) is 12.3. The van der Waals surface area contributed by atoms with Crippen LogP contribution in [0.3, 0.4) is 0 Å². The number of amides is 1. The third-order valence-electron chi connectivity index (χ3n) is 3.43. The van der Waals surface area contributed by atoms with Crippen molar-refractivity contribution in [2.24, 2.45) is 0 Å². The molecule has 114 valence electrons. The van der Waals surface area contributed by atoms with Gasteiger partial charge in [0.15, 0.2) is 0 Å². The SMILES string of the molecule is C[C@H](c1cccc([N+](=O)[O-])c1)N(C)C(=O)/C=C/c1cccs1. The molecule has 0 spiro atoms. The van der Waals surface area contributed by atoms with Gasteiger partial charge in [0.2, 0.25) is 5.91 Å². The molecule has 0 unspecified atom stereocenters. The average Bonchev–Trinajstić information content (AvgIpc) is 3.04. The summed E-state index contributed by atoms with van der Waals surface area (Å²) in [6.45, 7) is 1.84. The summed E-state index contributed by atoms with van der Waals surface area (Å²) < 4.78 is 0. The summed E-state index contributed by atoms with van der Waals surface area (Å²) in [7, 11) is 1.69. The second-order valence-corrected chi connectivity index (χ2v) is 5.81. The van der Waals surface area contributed by atoms with Gasteiger partial charge in [-0.25, -0.2) is 0 Å². The molecule has 2 rings (SSSR count). The summed E-state index contributed by atoms with van der Waals surface area (Å²) in [5.41, 5.74) is 0.758. The Labute approximate surface area is 132 Å². The van der Waals surface area contributed by atoms with E-state index in [1.807, 2.05) is 24.4 Å². The summed E-state index contributed by atoms with van der Waals surface area (Å²) in [6.07, 6.45) is 3.28. The molecule has 2 aromatic rings. The topological polar surface area (TPSA) is 63.5 Å². The minimum Gasteiger partial charge on any atom is -0.335 e. The lowest BCUT2D eigenvalue weighted by Gasteiger charge is -2.24. The lowest BCUT2D eigenvalue weighted by atomic mass is 10.1. The van der Waals surface area contributed by atoms with Gasteiger partial charge in [0, 0.05) is 30.1 Å². The highest BCUT2D eigenvalue weighted by Gasteiger charge is 2.17. The Morgan fingerprint density at radius 1 is 1.36 bits per heavy atom. The minimum atomic E-state index is -0.436. The van der Waals surface area contributed by atoms with Crippen molar-refractivity contribution in [2.75, 3.05) is 7.05 Å². The van der Waals surface area contributed by atoms with Gasteiger partial charge in [-0.1, -0.05) is 18.2 Å². The Morgan fingerprint density at radius 2 is 2.14 bits per heavy atom. The normalized spacial score (nSPS) is 12.3. The highest BCUT2D eigenvalue weighted by Crippen LogP contribution is 2.23. The number of non-ortho nitro benzene ring substituents is 1. The first-order valence-electron chi connectivity index (χ1n) is 6.72. The van der Waals surface area contributed by atoms with Crippen LogP contribution < -0.4 is 0 Å². The van der Waals surface area contributed by atoms with Crippen molar-refractivity contribution in [3.8, 4) is 0 Å². The van der Waals surface area contributed by atoms with Gasteiger partial charge in [0.05, 0.1) is 11.0 Å². The number of thiophene rings is 1. The smallest absolute Gasteiger partial charge is 0.269 e. The van der Waals surface area contributed by atoms with Gasteiger partial charge in [-0.3, -0.25) is 14.9 Å². The van der Waals surface area contributed by atoms with E-state index in [9.17, 15) is 14.9 Å². The fraction of sp³-hybridized carbons (Fsp3) is 0.188. The van der Waals surface area contributed by atoms with E-state index in [0.717, 1.165) is 10.4 Å². The first-order chi connectivity index (χ1) is 10.5. The molecule has 1 atom stereocenters. The zero-order valence-corrected chi connectivity index (χ0v) is 13.1. The number of rotatable bonds is 5. The highest BCUT2D eigenvalue weighted by molar-refractivity contribution is 7.10. The van der Waals surface area contributed by atoms with E-state index in [1.54, 1.807) is 41.5 Å². The van der Waals surface area contributed by atoms with Crippen molar-refractivity contribution < 1.29 is 9.72 Å². The van der Waals surface area contributed by atoms with Gasteiger partial charge in [-0.05, 0) is 30.0 Å². The molecular weight excluding hydrogens is 300 g/mol. The van der Waals surface area contributed by atoms with Crippen molar-refractivity contribution in [1.29, 1.82) is 0 Å². The standard InChI is InChI=1S/C16H16N2O3S/c1-12(13-5-3-6-14(11-13)18(20)21)17(2)16(19)9-8-15-7-4-10-22-15/h3-12H,1-2H3/b9-8+/t12-/m1/s1. The van der Waals surface area contributed by atoms with E-state index in [2.05, 4.69) is 0 Å². The molecule has 0 aliphatic rings. The van der Waals surface area contributed by atoms with E-state index in [-0.39, 0.29) is 17.6 Å². The predicted molar refractivity (Wildman–Crippen MR) is 87.6 cm³/mol. The largest absolute Gasteiger partial charge is 0.335 e. The molecule has 0 radical (unpaired) electrons. The molecule has 0 saturated carbocycles. The number of nitrogens with zero attached hydrogens (tertiary/aromatic N) is 2. The molecule has 0 N–H and O–H groups in total. The van der Waals surface area contributed by atoms with Crippen LogP contribution in [0, 0.1) is 10.1 Å². The summed E-state index contributed by atoms with van der Waals surface area (Å²) in [6, 6.07) is 9.95. The summed E-state index contributed by atoms with van der Waals surface area (Å²) in [5.74, 6) is -0.146. The molecular formula is C16H16N2O3S. The van der Waals surface area contributed by atoms with E-state index in [0.29, 0.717) is 0 Å². The quantitative estimate of drug-likeness (QED) is 0.477. The lowest BCUT2D eigenvalue weighted by Crippen LogP contribution is -2.28. The number of nitro benzene ring substituents is 1. The fourth-order valence-corrected chi connectivity index (χ4v) is 2.59. The van der Waals surface area contributed by atoms with Gasteiger partial charge in [0.25, 0.3) is 5.69 Å². The molecule has 1 aromatic carbocycles. The number of hydrogen-bond donors (Lipinski definition) is 0. The molecule has 5 nitrogen and oxygen atoms in total. The molecule has 0 fully saturated rings. The monoisotopic (exact) mass is 316 g/mol. The Morgan fingerprint density at radius 3 is 2.77 bits per heavy atom. The van der Waals surface area contributed by atoms with Crippen molar-refractivity contribution >= 4 is 29.0 Å². The van der Waals surface area contributed by atoms with Gasteiger partial charge in [0.1, 0.15) is 0 Å². The number of likely N-dealkylation sites (N-methyl/N-ethyl adjacent to an activating group) is 1. The summed E-state index contributed by atoms with van der Waals surface area (Å²) in [4.78, 5) is 25.1. The van der Waals surface area contributed by atoms with Gasteiger partial charge in [-0.15, -0.1) is 11.3 Å². The molecule has 22 heavy (non-hydrogen) atoms. The van der Waals surface area contributed by atoms with E-state index >= 15 is 0 Å². The fourth-order valence-electron chi connectivity index (χ4n) is 1.97. The Balaban J connectivity index is 2.11. The van der Waals surface area contributed by atoms with Crippen molar-refractivity contribution in [2.45, 2.75) is 13.0 Å². The molecule has 0 aliphatic carbocycles.